The first-order valence-corrected chi connectivity index (χ1v) is 7.42. The zero-order valence-corrected chi connectivity index (χ0v) is 12.9. The SMILES string of the molecule is [CH2][C@@H]1CC(C)CC(C)(C)[C@@H]1Nc1ccc(OC(F)F)cc1. The molecule has 1 unspecified atom stereocenters. The van der Waals surface area contributed by atoms with E-state index in [1.807, 2.05) is 0 Å². The van der Waals surface area contributed by atoms with Crippen molar-refractivity contribution in [3.63, 3.8) is 0 Å². The molecule has 3 atom stereocenters. The number of benzene rings is 1. The zero-order chi connectivity index (χ0) is 15.6. The van der Waals surface area contributed by atoms with Gasteiger partial charge < -0.3 is 10.1 Å². The number of hydrogen-bond donors (Lipinski definition) is 1. The summed E-state index contributed by atoms with van der Waals surface area (Å²) in [7, 11) is 0. The average molecular weight is 296 g/mol. The molecule has 1 saturated carbocycles. The van der Waals surface area contributed by atoms with E-state index >= 15 is 0 Å². The van der Waals surface area contributed by atoms with Gasteiger partial charge in [-0.05, 0) is 61.3 Å². The van der Waals surface area contributed by atoms with Crippen molar-refractivity contribution in [2.45, 2.75) is 46.3 Å². The number of nitrogens with one attached hydrogen (secondary N) is 1. The fourth-order valence-corrected chi connectivity index (χ4v) is 3.62. The van der Waals surface area contributed by atoms with Gasteiger partial charge in [0.2, 0.25) is 0 Å². The second-order valence-electron chi connectivity index (χ2n) is 6.82. The third-order valence-corrected chi connectivity index (χ3v) is 4.29. The minimum Gasteiger partial charge on any atom is -0.435 e. The van der Waals surface area contributed by atoms with Crippen molar-refractivity contribution < 1.29 is 13.5 Å². The lowest BCUT2D eigenvalue weighted by Gasteiger charge is -2.46. The average Bonchev–Trinajstić information content (AvgIpc) is 2.34. The molecule has 0 heterocycles. The van der Waals surface area contributed by atoms with Crippen LogP contribution in [0.15, 0.2) is 24.3 Å². The summed E-state index contributed by atoms with van der Waals surface area (Å²) in [5, 5.41) is 3.52. The van der Waals surface area contributed by atoms with Crippen LogP contribution in [0.1, 0.15) is 33.6 Å². The molecule has 4 heteroatoms. The van der Waals surface area contributed by atoms with Crippen LogP contribution in [0.25, 0.3) is 0 Å². The number of alkyl halides is 2. The van der Waals surface area contributed by atoms with E-state index in [0.717, 1.165) is 18.5 Å². The Bertz CT molecular complexity index is 458. The van der Waals surface area contributed by atoms with Crippen LogP contribution in [0, 0.1) is 24.2 Å². The molecular formula is C17H24F2NO. The highest BCUT2D eigenvalue weighted by atomic mass is 19.3. The van der Waals surface area contributed by atoms with E-state index < -0.39 is 6.61 Å². The molecular weight excluding hydrogens is 272 g/mol. The van der Waals surface area contributed by atoms with Crippen molar-refractivity contribution in [2.24, 2.45) is 17.3 Å². The Morgan fingerprint density at radius 2 is 1.90 bits per heavy atom. The second kappa shape index (κ2) is 6.20. The highest BCUT2D eigenvalue weighted by Gasteiger charge is 2.39. The van der Waals surface area contributed by atoms with Crippen LogP contribution in [0.2, 0.25) is 0 Å². The normalized spacial score (nSPS) is 28.4. The lowest BCUT2D eigenvalue weighted by atomic mass is 9.65. The number of rotatable bonds is 4. The first-order chi connectivity index (χ1) is 9.78. The molecule has 2 nitrogen and oxygen atoms in total. The highest BCUT2D eigenvalue weighted by Crippen LogP contribution is 2.43. The summed E-state index contributed by atoms with van der Waals surface area (Å²) in [4.78, 5) is 0. The molecule has 1 aliphatic rings. The number of anilines is 1. The van der Waals surface area contributed by atoms with Gasteiger partial charge >= 0.3 is 6.61 Å². The Hall–Kier alpha value is -1.32. The maximum Gasteiger partial charge on any atom is 0.387 e. The standard InChI is InChI=1S/C17H24F2NO/c1-11-9-12(2)15(17(3,4)10-11)20-13-5-7-14(8-6-13)21-16(18)19/h5-8,11-12,15-16,20H,2,9-10H2,1,3-4H3/t11?,12-,15-/m1/s1. The Labute approximate surface area is 125 Å². The lowest BCUT2D eigenvalue weighted by molar-refractivity contribution is -0.0498. The molecule has 0 bridgehead atoms. The number of hydrogen-bond acceptors (Lipinski definition) is 2. The van der Waals surface area contributed by atoms with Crippen LogP contribution in [-0.4, -0.2) is 12.7 Å². The molecule has 117 valence electrons. The van der Waals surface area contributed by atoms with Gasteiger partial charge in [-0.15, -0.1) is 0 Å². The fourth-order valence-electron chi connectivity index (χ4n) is 3.62. The van der Waals surface area contributed by atoms with Crippen LogP contribution in [0.3, 0.4) is 0 Å². The van der Waals surface area contributed by atoms with Crippen LogP contribution in [-0.2, 0) is 0 Å². The third-order valence-electron chi connectivity index (χ3n) is 4.29. The number of halogens is 2. The van der Waals surface area contributed by atoms with Gasteiger partial charge in [-0.2, -0.15) is 8.78 Å². The minimum atomic E-state index is -2.79. The monoisotopic (exact) mass is 296 g/mol. The van der Waals surface area contributed by atoms with E-state index in [4.69, 9.17) is 0 Å². The first-order valence-electron chi connectivity index (χ1n) is 7.42. The molecule has 0 aliphatic heterocycles. The van der Waals surface area contributed by atoms with Crippen molar-refractivity contribution in [1.82, 2.24) is 0 Å². The Morgan fingerprint density at radius 1 is 1.29 bits per heavy atom. The van der Waals surface area contributed by atoms with Crippen molar-refractivity contribution in [3.8, 4) is 5.75 Å². The van der Waals surface area contributed by atoms with Gasteiger partial charge in [0, 0.05) is 11.7 Å². The molecule has 1 aromatic rings. The van der Waals surface area contributed by atoms with E-state index in [1.165, 1.54) is 0 Å². The Kier molecular flexibility index (Phi) is 4.74. The quantitative estimate of drug-likeness (QED) is 0.846. The largest absolute Gasteiger partial charge is 0.435 e. The second-order valence-corrected chi connectivity index (χ2v) is 6.82. The molecule has 1 aromatic carbocycles. The van der Waals surface area contributed by atoms with Gasteiger partial charge in [-0.1, -0.05) is 20.8 Å². The molecule has 1 aliphatic carbocycles. The van der Waals surface area contributed by atoms with Gasteiger partial charge in [0.05, 0.1) is 0 Å². The van der Waals surface area contributed by atoms with Crippen molar-refractivity contribution in [1.29, 1.82) is 0 Å². The molecule has 2 rings (SSSR count). The molecule has 0 aromatic heterocycles. The van der Waals surface area contributed by atoms with Crippen LogP contribution in [0.5, 0.6) is 5.75 Å². The molecule has 1 fully saturated rings. The van der Waals surface area contributed by atoms with E-state index in [9.17, 15) is 8.78 Å². The summed E-state index contributed by atoms with van der Waals surface area (Å²) in [5.41, 5.74) is 1.07. The van der Waals surface area contributed by atoms with E-state index in [-0.39, 0.29) is 17.2 Å². The fraction of sp³-hybridized carbons (Fsp3) is 0.588. The van der Waals surface area contributed by atoms with Crippen molar-refractivity contribution in [2.75, 3.05) is 5.32 Å². The van der Waals surface area contributed by atoms with Gasteiger partial charge in [-0.3, -0.25) is 0 Å². The van der Waals surface area contributed by atoms with Gasteiger partial charge in [0.15, 0.2) is 0 Å². The Morgan fingerprint density at radius 3 is 2.43 bits per heavy atom. The smallest absolute Gasteiger partial charge is 0.387 e. The predicted octanol–water partition coefficient (Wildman–Crippen LogP) is 4.97. The zero-order valence-electron chi connectivity index (χ0n) is 12.9. The summed E-state index contributed by atoms with van der Waals surface area (Å²) in [5.74, 6) is 1.20. The summed E-state index contributed by atoms with van der Waals surface area (Å²) in [6, 6.07) is 6.95. The van der Waals surface area contributed by atoms with Crippen molar-refractivity contribution >= 4 is 5.69 Å². The van der Waals surface area contributed by atoms with Gasteiger partial charge in [-0.25, -0.2) is 0 Å². The summed E-state index contributed by atoms with van der Waals surface area (Å²) in [6.45, 7) is 8.29. The Balaban J connectivity index is 2.06. The van der Waals surface area contributed by atoms with Gasteiger partial charge in [0.1, 0.15) is 5.75 Å². The predicted molar refractivity (Wildman–Crippen MR) is 81.5 cm³/mol. The molecule has 21 heavy (non-hydrogen) atoms. The highest BCUT2D eigenvalue weighted by molar-refractivity contribution is 5.47. The maximum atomic E-state index is 12.1. The molecule has 0 spiro atoms. The van der Waals surface area contributed by atoms with Gasteiger partial charge in [0.25, 0.3) is 0 Å². The molecule has 0 saturated heterocycles. The maximum absolute atomic E-state index is 12.1. The molecule has 1 N–H and O–H groups in total. The topological polar surface area (TPSA) is 21.3 Å². The molecule has 0 amide bonds. The first kappa shape index (κ1) is 16.1. The van der Waals surface area contributed by atoms with E-state index in [1.54, 1.807) is 24.3 Å². The van der Waals surface area contributed by atoms with E-state index in [0.29, 0.717) is 11.8 Å². The number of ether oxygens (including phenoxy) is 1. The van der Waals surface area contributed by atoms with Crippen LogP contribution in [0.4, 0.5) is 14.5 Å². The summed E-state index contributed by atoms with van der Waals surface area (Å²) >= 11 is 0. The van der Waals surface area contributed by atoms with E-state index in [2.05, 4.69) is 37.7 Å². The summed E-state index contributed by atoms with van der Waals surface area (Å²) in [6.07, 6.45) is 2.26. The van der Waals surface area contributed by atoms with Crippen LogP contribution >= 0.6 is 0 Å². The third kappa shape index (κ3) is 4.08. The molecule has 1 radical (unpaired) electrons. The summed E-state index contributed by atoms with van der Waals surface area (Å²) < 4.78 is 28.6. The van der Waals surface area contributed by atoms with Crippen LogP contribution < -0.4 is 10.1 Å². The van der Waals surface area contributed by atoms with Crippen molar-refractivity contribution in [3.05, 3.63) is 31.2 Å². The lowest BCUT2D eigenvalue weighted by Crippen LogP contribution is -2.46. The minimum absolute atomic E-state index is 0.155.